The molecule has 1 saturated heterocycles. The standard InChI is InChI=1S/C20H24O5/c1-8-5-6-12-13(11(4)18(23)24-12)14-10(3)17(22)19-7-9(2)16(21)20(19,25-19)15(8)14/h9,12,14-17,21-22H,1,3,5-7H2,2,4H3/t9-,12+,14+,15-,16-,17+,19+,20+/m1/s1. The fourth-order valence-electron chi connectivity index (χ4n) is 6.30. The molecule has 0 bridgehead atoms. The van der Waals surface area contributed by atoms with Crippen LogP contribution in [0.1, 0.15) is 33.1 Å². The molecule has 5 rings (SSSR count). The third-order valence-electron chi connectivity index (χ3n) is 7.40. The fraction of sp³-hybridized carbons (Fsp3) is 0.650. The van der Waals surface area contributed by atoms with Crippen LogP contribution in [-0.4, -0.2) is 45.7 Å². The Morgan fingerprint density at radius 2 is 2.00 bits per heavy atom. The molecule has 4 fully saturated rings. The molecule has 0 radical (unpaired) electrons. The van der Waals surface area contributed by atoms with Gasteiger partial charge >= 0.3 is 5.97 Å². The zero-order valence-corrected chi connectivity index (χ0v) is 14.6. The van der Waals surface area contributed by atoms with Crippen molar-refractivity contribution in [3.05, 3.63) is 35.5 Å². The molecule has 5 aliphatic rings. The van der Waals surface area contributed by atoms with Crippen molar-refractivity contribution in [2.75, 3.05) is 0 Å². The molecule has 25 heavy (non-hydrogen) atoms. The summed E-state index contributed by atoms with van der Waals surface area (Å²) in [6.45, 7) is 12.3. The summed E-state index contributed by atoms with van der Waals surface area (Å²) in [6, 6.07) is 0. The number of rotatable bonds is 0. The molecular weight excluding hydrogens is 320 g/mol. The Morgan fingerprint density at radius 1 is 1.28 bits per heavy atom. The van der Waals surface area contributed by atoms with Gasteiger partial charge in [0, 0.05) is 17.4 Å². The van der Waals surface area contributed by atoms with Crippen molar-refractivity contribution >= 4 is 5.97 Å². The highest BCUT2D eigenvalue weighted by atomic mass is 16.7. The van der Waals surface area contributed by atoms with Crippen LogP contribution in [-0.2, 0) is 14.3 Å². The number of carbonyl (C=O) groups excluding carboxylic acids is 1. The largest absolute Gasteiger partial charge is 0.454 e. The highest BCUT2D eigenvalue weighted by Gasteiger charge is 2.87. The van der Waals surface area contributed by atoms with Crippen LogP contribution in [0.15, 0.2) is 35.5 Å². The van der Waals surface area contributed by atoms with Crippen LogP contribution in [0.25, 0.3) is 0 Å². The SMILES string of the molecule is C=C1CC[C@@H]2OC(=O)C(C)=C2[C@@H]2C(=C)[C@H](O)[C@@]34C[C@@H](C)[C@@H](O)[C@@]3(O4)[C@H]12. The molecule has 5 nitrogen and oxygen atoms in total. The Bertz CT molecular complexity index is 766. The first kappa shape index (κ1) is 15.8. The highest BCUT2D eigenvalue weighted by molar-refractivity contribution is 5.92. The summed E-state index contributed by atoms with van der Waals surface area (Å²) in [5.74, 6) is -0.692. The van der Waals surface area contributed by atoms with E-state index in [0.29, 0.717) is 30.4 Å². The summed E-state index contributed by atoms with van der Waals surface area (Å²) in [7, 11) is 0. The van der Waals surface area contributed by atoms with Crippen molar-refractivity contribution in [3.63, 3.8) is 0 Å². The van der Waals surface area contributed by atoms with Crippen LogP contribution in [0.3, 0.4) is 0 Å². The number of ether oxygens (including phenoxy) is 2. The number of esters is 1. The molecule has 2 aliphatic heterocycles. The molecule has 0 aromatic rings. The van der Waals surface area contributed by atoms with E-state index in [-0.39, 0.29) is 29.8 Å². The Morgan fingerprint density at radius 3 is 2.72 bits per heavy atom. The molecular formula is C20H24O5. The Labute approximate surface area is 147 Å². The average Bonchev–Trinajstić information content (AvgIpc) is 3.13. The van der Waals surface area contributed by atoms with E-state index < -0.39 is 23.4 Å². The van der Waals surface area contributed by atoms with Crippen LogP contribution in [0.4, 0.5) is 0 Å². The summed E-state index contributed by atoms with van der Waals surface area (Å²) < 4.78 is 11.8. The molecule has 134 valence electrons. The van der Waals surface area contributed by atoms with Crippen LogP contribution >= 0.6 is 0 Å². The van der Waals surface area contributed by atoms with Gasteiger partial charge in [-0.1, -0.05) is 25.7 Å². The van der Waals surface area contributed by atoms with Gasteiger partial charge in [0.25, 0.3) is 0 Å². The molecule has 0 aromatic heterocycles. The first-order valence-electron chi connectivity index (χ1n) is 9.10. The zero-order chi connectivity index (χ0) is 17.9. The normalized spacial score (nSPS) is 53.7. The van der Waals surface area contributed by atoms with Crippen molar-refractivity contribution in [2.24, 2.45) is 17.8 Å². The molecule has 2 heterocycles. The van der Waals surface area contributed by atoms with Crippen LogP contribution in [0, 0.1) is 17.8 Å². The number of hydrogen-bond donors (Lipinski definition) is 2. The van der Waals surface area contributed by atoms with Crippen LogP contribution in [0.5, 0.6) is 0 Å². The molecule has 3 saturated carbocycles. The summed E-state index contributed by atoms with van der Waals surface area (Å²) >= 11 is 0. The molecule has 2 N–H and O–H groups in total. The number of fused-ring (bicyclic) bond motifs is 3. The zero-order valence-electron chi connectivity index (χ0n) is 14.6. The third-order valence-corrected chi connectivity index (χ3v) is 7.40. The van der Waals surface area contributed by atoms with Gasteiger partial charge in [-0.2, -0.15) is 0 Å². The van der Waals surface area contributed by atoms with Gasteiger partial charge in [-0.3, -0.25) is 0 Å². The van der Waals surface area contributed by atoms with Gasteiger partial charge < -0.3 is 19.7 Å². The predicted octanol–water partition coefficient (Wildman–Crippen LogP) is 1.65. The lowest BCUT2D eigenvalue weighted by atomic mass is 9.59. The predicted molar refractivity (Wildman–Crippen MR) is 89.4 cm³/mol. The summed E-state index contributed by atoms with van der Waals surface area (Å²) in [6.07, 6.45) is 0.207. The number of carbonyl (C=O) groups is 1. The lowest BCUT2D eigenvalue weighted by Gasteiger charge is -2.42. The summed E-state index contributed by atoms with van der Waals surface area (Å²) in [5.41, 5.74) is 1.60. The van der Waals surface area contributed by atoms with Gasteiger partial charge in [-0.25, -0.2) is 4.79 Å². The summed E-state index contributed by atoms with van der Waals surface area (Å²) in [5, 5.41) is 22.0. The molecule has 0 spiro atoms. The molecule has 5 heteroatoms. The van der Waals surface area contributed by atoms with Gasteiger partial charge in [0.05, 0.1) is 6.10 Å². The first-order chi connectivity index (χ1) is 11.8. The second-order valence-corrected chi connectivity index (χ2v) is 8.51. The van der Waals surface area contributed by atoms with E-state index in [1.807, 2.05) is 6.92 Å². The van der Waals surface area contributed by atoms with Gasteiger partial charge in [0.1, 0.15) is 23.4 Å². The summed E-state index contributed by atoms with van der Waals surface area (Å²) in [4.78, 5) is 12.2. The number of aliphatic hydroxyl groups excluding tert-OH is 2. The van der Waals surface area contributed by atoms with E-state index in [4.69, 9.17) is 9.47 Å². The van der Waals surface area contributed by atoms with Crippen LogP contribution < -0.4 is 0 Å². The van der Waals surface area contributed by atoms with E-state index in [2.05, 4.69) is 13.2 Å². The van der Waals surface area contributed by atoms with Crippen LogP contribution in [0.2, 0.25) is 0 Å². The first-order valence-corrected chi connectivity index (χ1v) is 9.10. The number of aliphatic hydroxyl groups is 2. The molecule has 0 amide bonds. The van der Waals surface area contributed by atoms with Gasteiger partial charge in [0.15, 0.2) is 0 Å². The van der Waals surface area contributed by atoms with E-state index in [1.165, 1.54) is 0 Å². The number of hydrogen-bond acceptors (Lipinski definition) is 5. The van der Waals surface area contributed by atoms with E-state index >= 15 is 0 Å². The third kappa shape index (κ3) is 1.51. The Kier molecular flexibility index (Phi) is 2.81. The van der Waals surface area contributed by atoms with E-state index in [1.54, 1.807) is 6.92 Å². The lowest BCUT2D eigenvalue weighted by Crippen LogP contribution is -2.53. The van der Waals surface area contributed by atoms with E-state index in [9.17, 15) is 15.0 Å². The Hall–Kier alpha value is -1.43. The minimum atomic E-state index is -0.851. The average molecular weight is 344 g/mol. The van der Waals surface area contributed by atoms with Crippen molar-refractivity contribution in [1.82, 2.24) is 0 Å². The lowest BCUT2D eigenvalue weighted by molar-refractivity contribution is -0.139. The maximum absolute atomic E-state index is 12.2. The van der Waals surface area contributed by atoms with Crippen molar-refractivity contribution in [2.45, 2.75) is 62.6 Å². The molecule has 0 unspecified atom stereocenters. The second-order valence-electron chi connectivity index (χ2n) is 8.51. The topological polar surface area (TPSA) is 79.3 Å². The highest BCUT2D eigenvalue weighted by Crippen LogP contribution is 2.74. The minimum Gasteiger partial charge on any atom is -0.454 e. The quantitative estimate of drug-likeness (QED) is 0.397. The minimum absolute atomic E-state index is 0.0401. The maximum Gasteiger partial charge on any atom is 0.334 e. The smallest absolute Gasteiger partial charge is 0.334 e. The van der Waals surface area contributed by atoms with Gasteiger partial charge in [-0.15, -0.1) is 0 Å². The van der Waals surface area contributed by atoms with Crippen molar-refractivity contribution in [3.8, 4) is 0 Å². The maximum atomic E-state index is 12.2. The number of epoxide rings is 1. The monoisotopic (exact) mass is 344 g/mol. The molecule has 0 aromatic carbocycles. The fourth-order valence-corrected chi connectivity index (χ4v) is 6.30. The molecule has 3 aliphatic carbocycles. The van der Waals surface area contributed by atoms with E-state index in [0.717, 1.165) is 11.1 Å². The Balaban J connectivity index is 1.73. The van der Waals surface area contributed by atoms with Crippen molar-refractivity contribution in [1.29, 1.82) is 0 Å². The van der Waals surface area contributed by atoms with Gasteiger partial charge in [-0.05, 0) is 43.3 Å². The second kappa shape index (κ2) is 4.45. The van der Waals surface area contributed by atoms with Gasteiger partial charge in [0.2, 0.25) is 0 Å². The molecule has 8 atom stereocenters. The van der Waals surface area contributed by atoms with Crippen molar-refractivity contribution < 1.29 is 24.5 Å².